The van der Waals surface area contributed by atoms with E-state index < -0.39 is 0 Å². The number of hydrogen-bond acceptors (Lipinski definition) is 5. The third kappa shape index (κ3) is 2.42. The molecule has 0 bridgehead atoms. The quantitative estimate of drug-likeness (QED) is 0.665. The summed E-state index contributed by atoms with van der Waals surface area (Å²) in [5.74, 6) is 0. The number of hydrogen-bond donors (Lipinski definition) is 2. The number of nitrogens with one attached hydrogen (secondary N) is 1. The Morgan fingerprint density at radius 3 is 2.71 bits per heavy atom. The molecule has 2 aromatic rings. The number of aromatic nitrogens is 1. The van der Waals surface area contributed by atoms with E-state index in [1.807, 2.05) is 6.07 Å². The van der Waals surface area contributed by atoms with Crippen LogP contribution in [0.25, 0.3) is 10.8 Å². The lowest BCUT2D eigenvalue weighted by molar-refractivity contribution is -0.383. The maximum Gasteiger partial charge on any atom is 0.278 e. The van der Waals surface area contributed by atoms with Crippen LogP contribution in [-0.2, 0) is 0 Å². The molecule has 6 heteroatoms. The molecule has 110 valence electrons. The molecule has 1 aromatic heterocycles. The van der Waals surface area contributed by atoms with Crippen LogP contribution in [0.2, 0.25) is 0 Å². The summed E-state index contributed by atoms with van der Waals surface area (Å²) in [5.41, 5.74) is 6.84. The van der Waals surface area contributed by atoms with E-state index >= 15 is 0 Å². The van der Waals surface area contributed by atoms with Crippen LogP contribution in [0.5, 0.6) is 0 Å². The van der Waals surface area contributed by atoms with Crippen LogP contribution in [0.4, 0.5) is 11.4 Å². The van der Waals surface area contributed by atoms with E-state index in [4.69, 9.17) is 5.73 Å². The van der Waals surface area contributed by atoms with E-state index in [0.717, 1.165) is 36.8 Å². The summed E-state index contributed by atoms with van der Waals surface area (Å²) < 4.78 is 0. The number of fused-ring (bicyclic) bond motifs is 1. The van der Waals surface area contributed by atoms with Crippen LogP contribution >= 0.6 is 0 Å². The van der Waals surface area contributed by atoms with E-state index in [-0.39, 0.29) is 16.1 Å². The maximum atomic E-state index is 11.1. The Balaban J connectivity index is 2.07. The highest BCUT2D eigenvalue weighted by atomic mass is 16.6. The molecular formula is C15H18N4O2. The molecule has 0 unspecified atom stereocenters. The number of benzene rings is 1. The molecule has 0 aliphatic heterocycles. The molecule has 1 saturated carbocycles. The monoisotopic (exact) mass is 286 g/mol. The van der Waals surface area contributed by atoms with Crippen molar-refractivity contribution in [3.05, 3.63) is 40.7 Å². The lowest BCUT2D eigenvalue weighted by atomic mass is 9.96. The second kappa shape index (κ2) is 5.29. The fourth-order valence-corrected chi connectivity index (χ4v) is 3.16. The van der Waals surface area contributed by atoms with Gasteiger partial charge < -0.3 is 11.1 Å². The van der Waals surface area contributed by atoms with E-state index in [2.05, 4.69) is 10.3 Å². The topological polar surface area (TPSA) is 94.1 Å². The normalized spacial score (nSPS) is 17.0. The first kappa shape index (κ1) is 13.8. The van der Waals surface area contributed by atoms with Crippen molar-refractivity contribution in [3.63, 3.8) is 0 Å². The number of nitrogens with zero attached hydrogens (tertiary/aromatic N) is 2. The predicted octanol–water partition coefficient (Wildman–Crippen LogP) is 2.83. The summed E-state index contributed by atoms with van der Waals surface area (Å²) in [6.45, 7) is 0.566. The Morgan fingerprint density at radius 1 is 1.29 bits per heavy atom. The minimum atomic E-state index is -0.373. The Hall–Kier alpha value is -2.21. The second-order valence-corrected chi connectivity index (χ2v) is 5.63. The standard InChI is InChI=1S/C15H18N4O2/c16-10-15(6-1-2-7-15)18-13-3-4-14(19(20)21)12-9-17-8-5-11(12)13/h3-5,8-9,18H,1-2,6-7,10,16H2. The van der Waals surface area contributed by atoms with E-state index in [1.165, 1.54) is 6.07 Å². The zero-order valence-electron chi connectivity index (χ0n) is 11.7. The Morgan fingerprint density at radius 2 is 2.05 bits per heavy atom. The van der Waals surface area contributed by atoms with Crippen molar-refractivity contribution in [2.75, 3.05) is 11.9 Å². The highest BCUT2D eigenvalue weighted by Crippen LogP contribution is 2.36. The highest BCUT2D eigenvalue weighted by molar-refractivity contribution is 5.99. The molecule has 0 radical (unpaired) electrons. The van der Waals surface area contributed by atoms with Crippen LogP contribution in [0.15, 0.2) is 30.6 Å². The molecule has 1 aromatic carbocycles. The highest BCUT2D eigenvalue weighted by Gasteiger charge is 2.32. The van der Waals surface area contributed by atoms with E-state index in [0.29, 0.717) is 11.9 Å². The average molecular weight is 286 g/mol. The van der Waals surface area contributed by atoms with Gasteiger partial charge in [0.15, 0.2) is 0 Å². The van der Waals surface area contributed by atoms with E-state index in [1.54, 1.807) is 18.5 Å². The SMILES string of the molecule is NCC1(Nc2ccc([N+](=O)[O-])c3cnccc23)CCCC1. The van der Waals surface area contributed by atoms with Crippen molar-refractivity contribution in [1.82, 2.24) is 4.98 Å². The van der Waals surface area contributed by atoms with Crippen LogP contribution in [0.1, 0.15) is 25.7 Å². The molecule has 0 amide bonds. The molecule has 0 spiro atoms. The zero-order valence-corrected chi connectivity index (χ0v) is 11.7. The Labute approximate surface area is 122 Å². The first-order chi connectivity index (χ1) is 10.2. The molecule has 3 rings (SSSR count). The zero-order chi connectivity index (χ0) is 14.9. The van der Waals surface area contributed by atoms with Gasteiger partial charge in [0.1, 0.15) is 0 Å². The molecule has 6 nitrogen and oxygen atoms in total. The van der Waals surface area contributed by atoms with Gasteiger partial charge in [-0.15, -0.1) is 0 Å². The molecule has 1 aliphatic rings. The number of nitrogens with two attached hydrogens (primary N) is 1. The van der Waals surface area contributed by atoms with Gasteiger partial charge in [-0.3, -0.25) is 15.1 Å². The number of anilines is 1. The van der Waals surface area contributed by atoms with Crippen molar-refractivity contribution in [2.45, 2.75) is 31.2 Å². The molecule has 1 aliphatic carbocycles. The van der Waals surface area contributed by atoms with Gasteiger partial charge in [0.25, 0.3) is 5.69 Å². The number of non-ortho nitro benzene ring substituents is 1. The number of nitro groups is 1. The van der Waals surface area contributed by atoms with Crippen LogP contribution in [0.3, 0.4) is 0 Å². The number of nitro benzene ring substituents is 1. The molecule has 3 N–H and O–H groups in total. The fourth-order valence-electron chi connectivity index (χ4n) is 3.16. The minimum absolute atomic E-state index is 0.0804. The first-order valence-corrected chi connectivity index (χ1v) is 7.15. The van der Waals surface area contributed by atoms with Gasteiger partial charge in [-0.2, -0.15) is 0 Å². The summed E-state index contributed by atoms with van der Waals surface area (Å²) in [5, 5.41) is 16.0. The molecule has 0 saturated heterocycles. The molecule has 0 atom stereocenters. The lowest BCUT2D eigenvalue weighted by Gasteiger charge is -2.30. The van der Waals surface area contributed by atoms with Crippen molar-refractivity contribution >= 4 is 22.1 Å². The van der Waals surface area contributed by atoms with Gasteiger partial charge in [0.05, 0.1) is 10.3 Å². The summed E-state index contributed by atoms with van der Waals surface area (Å²) in [4.78, 5) is 14.8. The molecule has 1 heterocycles. The van der Waals surface area contributed by atoms with Crippen molar-refractivity contribution < 1.29 is 4.92 Å². The molecule has 1 fully saturated rings. The van der Waals surface area contributed by atoms with Crippen LogP contribution in [-0.4, -0.2) is 22.0 Å². The van der Waals surface area contributed by atoms with Crippen LogP contribution in [0, 0.1) is 10.1 Å². The molecular weight excluding hydrogens is 268 g/mol. The average Bonchev–Trinajstić information content (AvgIpc) is 2.96. The van der Waals surface area contributed by atoms with Gasteiger partial charge in [-0.25, -0.2) is 0 Å². The predicted molar refractivity (Wildman–Crippen MR) is 82.3 cm³/mol. The van der Waals surface area contributed by atoms with Gasteiger partial charge in [0.2, 0.25) is 0 Å². The summed E-state index contributed by atoms with van der Waals surface area (Å²) in [6.07, 6.45) is 7.59. The van der Waals surface area contributed by atoms with Gasteiger partial charge in [0, 0.05) is 41.6 Å². The third-order valence-corrected chi connectivity index (χ3v) is 4.34. The fraction of sp³-hybridized carbons (Fsp3) is 0.400. The lowest BCUT2D eigenvalue weighted by Crippen LogP contribution is -2.42. The van der Waals surface area contributed by atoms with Crippen LogP contribution < -0.4 is 11.1 Å². The Kier molecular flexibility index (Phi) is 3.47. The van der Waals surface area contributed by atoms with Gasteiger partial charge >= 0.3 is 0 Å². The molecule has 21 heavy (non-hydrogen) atoms. The second-order valence-electron chi connectivity index (χ2n) is 5.63. The number of pyridine rings is 1. The minimum Gasteiger partial charge on any atom is -0.378 e. The summed E-state index contributed by atoms with van der Waals surface area (Å²) in [6, 6.07) is 5.12. The van der Waals surface area contributed by atoms with Crippen molar-refractivity contribution in [3.8, 4) is 0 Å². The van der Waals surface area contributed by atoms with E-state index in [9.17, 15) is 10.1 Å². The van der Waals surface area contributed by atoms with Gasteiger partial charge in [-0.1, -0.05) is 12.8 Å². The summed E-state index contributed by atoms with van der Waals surface area (Å²) >= 11 is 0. The number of rotatable bonds is 4. The largest absolute Gasteiger partial charge is 0.378 e. The summed E-state index contributed by atoms with van der Waals surface area (Å²) in [7, 11) is 0. The third-order valence-electron chi connectivity index (χ3n) is 4.34. The van der Waals surface area contributed by atoms with Crippen molar-refractivity contribution in [1.29, 1.82) is 0 Å². The van der Waals surface area contributed by atoms with Gasteiger partial charge in [-0.05, 0) is 25.0 Å². The Bertz CT molecular complexity index is 680. The van der Waals surface area contributed by atoms with Crippen molar-refractivity contribution in [2.24, 2.45) is 5.73 Å². The smallest absolute Gasteiger partial charge is 0.278 e. The maximum absolute atomic E-state index is 11.1. The first-order valence-electron chi connectivity index (χ1n) is 7.15.